The van der Waals surface area contributed by atoms with Crippen molar-refractivity contribution in [1.29, 1.82) is 5.26 Å². The van der Waals surface area contributed by atoms with Crippen molar-refractivity contribution in [3.05, 3.63) is 18.0 Å². The second-order valence-electron chi connectivity index (χ2n) is 2.77. The molecule has 2 heterocycles. The molecular weight excluding hydrogens is 166 g/mol. The molecule has 0 atom stereocenters. The van der Waals surface area contributed by atoms with Gasteiger partial charge in [-0.05, 0) is 12.5 Å². The average Bonchev–Trinajstić information content (AvgIpc) is 2.71. The second-order valence-corrected chi connectivity index (χ2v) is 2.77. The van der Waals surface area contributed by atoms with Gasteiger partial charge in [0.15, 0.2) is 0 Å². The first kappa shape index (κ1) is 7.95. The van der Waals surface area contributed by atoms with Crippen LogP contribution in [-0.4, -0.2) is 23.1 Å². The third-order valence-electron chi connectivity index (χ3n) is 1.86. The summed E-state index contributed by atoms with van der Waals surface area (Å²) in [6.45, 7) is 1.84. The van der Waals surface area contributed by atoms with Crippen molar-refractivity contribution in [3.63, 3.8) is 0 Å². The van der Waals surface area contributed by atoms with Crippen molar-refractivity contribution < 1.29 is 0 Å². The summed E-state index contributed by atoms with van der Waals surface area (Å²) < 4.78 is 0. The van der Waals surface area contributed by atoms with E-state index in [0.29, 0.717) is 11.6 Å². The lowest BCUT2D eigenvalue weighted by molar-refractivity contribution is 0.755. The number of anilines is 1. The van der Waals surface area contributed by atoms with Crippen molar-refractivity contribution >= 4 is 5.95 Å². The van der Waals surface area contributed by atoms with E-state index in [1.807, 2.05) is 11.1 Å². The highest BCUT2D eigenvalue weighted by atomic mass is 15.6. The molecule has 1 aliphatic rings. The molecule has 5 nitrogen and oxygen atoms in total. The molecule has 1 saturated heterocycles. The highest BCUT2D eigenvalue weighted by Gasteiger charge is 2.13. The highest BCUT2D eigenvalue weighted by Crippen LogP contribution is 2.08. The summed E-state index contributed by atoms with van der Waals surface area (Å²) in [7, 11) is 0. The van der Waals surface area contributed by atoms with E-state index >= 15 is 0 Å². The lowest BCUT2D eigenvalue weighted by Gasteiger charge is -2.14. The zero-order valence-corrected chi connectivity index (χ0v) is 7.06. The van der Waals surface area contributed by atoms with Crippen LogP contribution in [0.4, 0.5) is 5.95 Å². The fourth-order valence-corrected chi connectivity index (χ4v) is 1.24. The van der Waals surface area contributed by atoms with Crippen LogP contribution in [0.5, 0.6) is 0 Å². The van der Waals surface area contributed by atoms with Crippen molar-refractivity contribution in [2.75, 3.05) is 18.1 Å². The molecule has 1 aliphatic heterocycles. The Balaban J connectivity index is 2.25. The second kappa shape index (κ2) is 3.37. The molecule has 0 amide bonds. The zero-order chi connectivity index (χ0) is 9.10. The summed E-state index contributed by atoms with van der Waals surface area (Å²) in [6.07, 6.45) is 2.68. The van der Waals surface area contributed by atoms with Crippen LogP contribution >= 0.6 is 0 Å². The summed E-state index contributed by atoms with van der Waals surface area (Å²) in [5, 5.41) is 10.5. The van der Waals surface area contributed by atoms with E-state index in [1.165, 1.54) is 0 Å². The van der Waals surface area contributed by atoms with Crippen LogP contribution in [0.25, 0.3) is 0 Å². The SMILES string of the molecule is N#Cc1ccnc(N2CCCN2)n1. The van der Waals surface area contributed by atoms with Gasteiger partial charge in [0.05, 0.1) is 0 Å². The first-order valence-electron chi connectivity index (χ1n) is 4.14. The summed E-state index contributed by atoms with van der Waals surface area (Å²) in [6, 6.07) is 3.58. The molecule has 5 heteroatoms. The molecule has 0 spiro atoms. The molecule has 0 aromatic carbocycles. The third kappa shape index (κ3) is 1.58. The van der Waals surface area contributed by atoms with Crippen LogP contribution in [-0.2, 0) is 0 Å². The topological polar surface area (TPSA) is 64.8 Å². The largest absolute Gasteiger partial charge is 0.276 e. The number of hydrogen-bond donors (Lipinski definition) is 1. The smallest absolute Gasteiger partial charge is 0.241 e. The maximum absolute atomic E-state index is 8.63. The molecule has 1 fully saturated rings. The molecular formula is C8H9N5. The minimum atomic E-state index is 0.402. The summed E-state index contributed by atoms with van der Waals surface area (Å²) in [4.78, 5) is 8.14. The first-order valence-corrected chi connectivity index (χ1v) is 4.14. The molecule has 1 aromatic heterocycles. The number of nitrogens with one attached hydrogen (secondary N) is 1. The number of nitriles is 1. The Morgan fingerprint density at radius 1 is 1.62 bits per heavy atom. The zero-order valence-electron chi connectivity index (χ0n) is 7.06. The van der Waals surface area contributed by atoms with Gasteiger partial charge in [-0.3, -0.25) is 5.01 Å². The Kier molecular flexibility index (Phi) is 2.06. The van der Waals surface area contributed by atoms with Gasteiger partial charge in [0.1, 0.15) is 11.8 Å². The third-order valence-corrected chi connectivity index (χ3v) is 1.86. The van der Waals surface area contributed by atoms with Gasteiger partial charge >= 0.3 is 0 Å². The van der Waals surface area contributed by atoms with Crippen molar-refractivity contribution in [1.82, 2.24) is 15.4 Å². The predicted octanol–water partition coefficient (Wildman–Crippen LogP) is 0.0630. The molecule has 66 valence electrons. The molecule has 0 radical (unpaired) electrons. The Labute approximate surface area is 76.0 Å². The Morgan fingerprint density at radius 3 is 3.23 bits per heavy atom. The first-order chi connectivity index (χ1) is 6.40. The minimum absolute atomic E-state index is 0.402. The highest BCUT2D eigenvalue weighted by molar-refractivity contribution is 5.32. The van der Waals surface area contributed by atoms with Crippen LogP contribution in [0, 0.1) is 11.3 Å². The predicted molar refractivity (Wildman–Crippen MR) is 46.7 cm³/mol. The maximum Gasteiger partial charge on any atom is 0.241 e. The van der Waals surface area contributed by atoms with E-state index < -0.39 is 0 Å². The van der Waals surface area contributed by atoms with E-state index in [0.717, 1.165) is 19.5 Å². The quantitative estimate of drug-likeness (QED) is 0.654. The van der Waals surface area contributed by atoms with Gasteiger partial charge in [0.2, 0.25) is 5.95 Å². The number of aromatic nitrogens is 2. The molecule has 1 aromatic rings. The van der Waals surface area contributed by atoms with Crippen molar-refractivity contribution in [2.24, 2.45) is 0 Å². The van der Waals surface area contributed by atoms with Gasteiger partial charge in [-0.25, -0.2) is 15.4 Å². The number of hydrogen-bond acceptors (Lipinski definition) is 5. The summed E-state index contributed by atoms with van der Waals surface area (Å²) in [5.74, 6) is 0.580. The maximum atomic E-state index is 8.63. The van der Waals surface area contributed by atoms with Crippen LogP contribution in [0.2, 0.25) is 0 Å². The van der Waals surface area contributed by atoms with E-state index in [1.54, 1.807) is 12.3 Å². The van der Waals surface area contributed by atoms with E-state index in [4.69, 9.17) is 5.26 Å². The van der Waals surface area contributed by atoms with Gasteiger partial charge in [-0.2, -0.15) is 5.26 Å². The molecule has 1 N–H and O–H groups in total. The van der Waals surface area contributed by atoms with Crippen molar-refractivity contribution in [2.45, 2.75) is 6.42 Å². The van der Waals surface area contributed by atoms with Gasteiger partial charge in [-0.15, -0.1) is 0 Å². The number of nitrogens with zero attached hydrogens (tertiary/aromatic N) is 4. The van der Waals surface area contributed by atoms with Crippen molar-refractivity contribution in [3.8, 4) is 6.07 Å². The Hall–Kier alpha value is -1.67. The normalized spacial score (nSPS) is 15.8. The van der Waals surface area contributed by atoms with E-state index in [9.17, 15) is 0 Å². The summed E-state index contributed by atoms with van der Waals surface area (Å²) in [5.41, 5.74) is 3.52. The molecule has 0 bridgehead atoms. The number of hydrazine groups is 1. The van der Waals surface area contributed by atoms with Gasteiger partial charge in [-0.1, -0.05) is 0 Å². The molecule has 2 rings (SSSR count). The molecule has 0 unspecified atom stereocenters. The Morgan fingerprint density at radius 2 is 2.54 bits per heavy atom. The van der Waals surface area contributed by atoms with Crippen LogP contribution < -0.4 is 10.4 Å². The fourth-order valence-electron chi connectivity index (χ4n) is 1.24. The van der Waals surface area contributed by atoms with E-state index in [2.05, 4.69) is 15.4 Å². The minimum Gasteiger partial charge on any atom is -0.276 e. The van der Waals surface area contributed by atoms with Gasteiger partial charge in [0, 0.05) is 19.3 Å². The lowest BCUT2D eigenvalue weighted by Crippen LogP contribution is -2.32. The molecule has 13 heavy (non-hydrogen) atoms. The van der Waals surface area contributed by atoms with Crippen LogP contribution in [0.1, 0.15) is 12.1 Å². The monoisotopic (exact) mass is 175 g/mol. The molecule has 0 saturated carbocycles. The van der Waals surface area contributed by atoms with Crippen LogP contribution in [0.3, 0.4) is 0 Å². The van der Waals surface area contributed by atoms with E-state index in [-0.39, 0.29) is 0 Å². The fraction of sp³-hybridized carbons (Fsp3) is 0.375. The van der Waals surface area contributed by atoms with Gasteiger partial charge in [0.25, 0.3) is 0 Å². The molecule has 0 aliphatic carbocycles. The van der Waals surface area contributed by atoms with Gasteiger partial charge < -0.3 is 0 Å². The standard InChI is InChI=1S/C8H9N5/c9-6-7-2-4-10-8(12-7)13-5-1-3-11-13/h2,4,11H,1,3,5H2. The number of rotatable bonds is 1. The Bertz CT molecular complexity index is 337. The summed E-state index contributed by atoms with van der Waals surface area (Å²) >= 11 is 0. The average molecular weight is 175 g/mol. The lowest BCUT2D eigenvalue weighted by atomic mass is 10.4. The van der Waals surface area contributed by atoms with Crippen LogP contribution in [0.15, 0.2) is 12.3 Å².